The first-order valence-corrected chi connectivity index (χ1v) is 13.4. The Bertz CT molecular complexity index is 1540. The van der Waals surface area contributed by atoms with Crippen LogP contribution in [0.4, 0.5) is 24.5 Å². The summed E-state index contributed by atoms with van der Waals surface area (Å²) < 4.78 is 63.9. The molecule has 1 aliphatic heterocycles. The lowest BCUT2D eigenvalue weighted by Crippen LogP contribution is -2.32. The van der Waals surface area contributed by atoms with Gasteiger partial charge in [-0.15, -0.1) is 0 Å². The molecule has 0 bridgehead atoms. The first-order chi connectivity index (χ1) is 17.3. The minimum absolute atomic E-state index is 0.00984. The average molecular weight is 659 g/mol. The highest BCUT2D eigenvalue weighted by atomic mass is 127. The smallest absolute Gasteiger partial charge is 0.330 e. The van der Waals surface area contributed by atoms with Crippen molar-refractivity contribution in [1.29, 1.82) is 0 Å². The summed E-state index contributed by atoms with van der Waals surface area (Å²) in [6.07, 6.45) is -4.51. The van der Waals surface area contributed by atoms with E-state index >= 15 is 0 Å². The standard InChI is InChI=1S/C23H17F3IN5O3S2/c24-23(25,26)14-5-3-4-13(10-14)12-32-18-9-8-15(27)11-16(18)20(21(32)33)30-31-22(36)29-17-6-1-2-7-19(17)37(28,34)35/h1-11H,12H2,(H2,28,34,35)(H2,29,31,36). The Morgan fingerprint density at radius 2 is 1.81 bits per heavy atom. The van der Waals surface area contributed by atoms with Crippen molar-refractivity contribution >= 4 is 72.9 Å². The van der Waals surface area contributed by atoms with Crippen molar-refractivity contribution in [3.63, 3.8) is 0 Å². The third-order valence-electron chi connectivity index (χ3n) is 5.26. The summed E-state index contributed by atoms with van der Waals surface area (Å²) in [5, 5.41) is 11.9. The minimum atomic E-state index is -4.51. The largest absolute Gasteiger partial charge is 0.416 e. The van der Waals surface area contributed by atoms with Gasteiger partial charge in [-0.25, -0.2) is 13.6 Å². The molecule has 0 aromatic heterocycles. The fourth-order valence-corrected chi connectivity index (χ4v) is 4.99. The Hall–Kier alpha value is -3.08. The number of fused-ring (bicyclic) bond motifs is 1. The number of nitrogens with zero attached hydrogens (tertiary/aromatic N) is 2. The molecule has 0 saturated carbocycles. The topological polar surface area (TPSA) is 117 Å². The second-order valence-electron chi connectivity index (χ2n) is 7.82. The third-order valence-corrected chi connectivity index (χ3v) is 7.09. The molecule has 192 valence electrons. The van der Waals surface area contributed by atoms with Gasteiger partial charge in [-0.1, -0.05) is 24.3 Å². The Balaban J connectivity index is 1.60. The van der Waals surface area contributed by atoms with Gasteiger partial charge < -0.3 is 10.2 Å². The molecule has 4 N–H and O–H groups in total. The second-order valence-corrected chi connectivity index (χ2v) is 11.0. The van der Waals surface area contributed by atoms with Crippen molar-refractivity contribution in [1.82, 2.24) is 5.43 Å². The third kappa shape index (κ3) is 6.08. The van der Waals surface area contributed by atoms with Crippen LogP contribution in [-0.2, 0) is 27.5 Å². The number of amides is 1. The van der Waals surface area contributed by atoms with E-state index in [1.165, 1.54) is 35.2 Å². The van der Waals surface area contributed by atoms with Gasteiger partial charge in [0.25, 0.3) is 5.91 Å². The van der Waals surface area contributed by atoms with Crippen molar-refractivity contribution in [3.05, 3.63) is 87.0 Å². The van der Waals surface area contributed by atoms with Crippen molar-refractivity contribution in [3.8, 4) is 0 Å². The number of hydrogen-bond donors (Lipinski definition) is 3. The molecule has 1 amide bonds. The lowest BCUT2D eigenvalue weighted by Gasteiger charge is -2.18. The minimum Gasteiger partial charge on any atom is -0.330 e. The highest BCUT2D eigenvalue weighted by molar-refractivity contribution is 14.1. The summed E-state index contributed by atoms with van der Waals surface area (Å²) >= 11 is 7.27. The van der Waals surface area contributed by atoms with Gasteiger partial charge in [0.15, 0.2) is 10.8 Å². The van der Waals surface area contributed by atoms with Gasteiger partial charge in [0.05, 0.1) is 23.5 Å². The van der Waals surface area contributed by atoms with E-state index in [2.05, 4.69) is 38.4 Å². The molecule has 1 aliphatic rings. The maximum atomic E-state index is 13.3. The van der Waals surface area contributed by atoms with Crippen LogP contribution in [0.1, 0.15) is 16.7 Å². The van der Waals surface area contributed by atoms with E-state index in [0.717, 1.165) is 15.7 Å². The van der Waals surface area contributed by atoms with Crippen molar-refractivity contribution < 1.29 is 26.4 Å². The maximum Gasteiger partial charge on any atom is 0.416 e. The van der Waals surface area contributed by atoms with Gasteiger partial charge in [-0.05, 0) is 82.8 Å². The first kappa shape index (κ1) is 27.0. The van der Waals surface area contributed by atoms with E-state index in [-0.39, 0.29) is 28.0 Å². The molecule has 37 heavy (non-hydrogen) atoms. The van der Waals surface area contributed by atoms with Crippen molar-refractivity contribution in [2.45, 2.75) is 17.6 Å². The number of hydrogen-bond acceptors (Lipinski definition) is 5. The van der Waals surface area contributed by atoms with E-state index < -0.39 is 27.7 Å². The lowest BCUT2D eigenvalue weighted by atomic mass is 10.1. The summed E-state index contributed by atoms with van der Waals surface area (Å²) in [5.74, 6) is -0.547. The van der Waals surface area contributed by atoms with Crippen LogP contribution in [0.3, 0.4) is 0 Å². The van der Waals surface area contributed by atoms with Gasteiger partial charge in [0, 0.05) is 9.13 Å². The summed E-state index contributed by atoms with van der Waals surface area (Å²) in [6, 6.07) is 15.7. The number of carbonyl (C=O) groups excluding carboxylic acids is 1. The zero-order valence-electron chi connectivity index (χ0n) is 18.6. The van der Waals surface area contributed by atoms with Gasteiger partial charge >= 0.3 is 6.18 Å². The van der Waals surface area contributed by atoms with Crippen LogP contribution in [-0.4, -0.2) is 25.1 Å². The summed E-state index contributed by atoms with van der Waals surface area (Å²) in [5.41, 5.74) is 3.05. The number of para-hydroxylation sites is 1. The van der Waals surface area contributed by atoms with Crippen LogP contribution in [0, 0.1) is 3.57 Å². The number of alkyl halides is 3. The molecule has 3 aromatic carbocycles. The Morgan fingerprint density at radius 1 is 1.08 bits per heavy atom. The number of anilines is 2. The van der Waals surface area contributed by atoms with Gasteiger partial charge in [0.2, 0.25) is 10.0 Å². The van der Waals surface area contributed by atoms with Gasteiger partial charge in [0.1, 0.15) is 4.90 Å². The predicted octanol–water partition coefficient (Wildman–Crippen LogP) is 4.19. The molecule has 0 atom stereocenters. The molecular formula is C23H17F3IN5O3S2. The Labute approximate surface area is 228 Å². The molecule has 14 heteroatoms. The van der Waals surface area contributed by atoms with Crippen LogP contribution in [0.2, 0.25) is 0 Å². The van der Waals surface area contributed by atoms with Crippen molar-refractivity contribution in [2.75, 3.05) is 10.2 Å². The predicted molar refractivity (Wildman–Crippen MR) is 146 cm³/mol. The number of hydrazone groups is 1. The molecular weight excluding hydrogens is 642 g/mol. The van der Waals surface area contributed by atoms with Crippen LogP contribution in [0.25, 0.3) is 0 Å². The molecule has 4 rings (SSSR count). The van der Waals surface area contributed by atoms with Crippen LogP contribution < -0.4 is 20.8 Å². The molecule has 8 nitrogen and oxygen atoms in total. The fraction of sp³-hybridized carbons (Fsp3) is 0.0870. The Morgan fingerprint density at radius 3 is 2.51 bits per heavy atom. The van der Waals surface area contributed by atoms with E-state index in [1.54, 1.807) is 24.3 Å². The number of nitrogens with two attached hydrogens (primary N) is 1. The number of rotatable bonds is 5. The van der Waals surface area contributed by atoms with E-state index in [1.807, 2.05) is 0 Å². The second kappa shape index (κ2) is 10.4. The van der Waals surface area contributed by atoms with E-state index in [0.29, 0.717) is 16.8 Å². The molecule has 0 aliphatic carbocycles. The van der Waals surface area contributed by atoms with E-state index in [4.69, 9.17) is 17.4 Å². The Kier molecular flexibility index (Phi) is 7.55. The number of nitrogens with one attached hydrogen (secondary N) is 2. The highest BCUT2D eigenvalue weighted by Gasteiger charge is 2.35. The molecule has 0 spiro atoms. The quantitative estimate of drug-likeness (QED) is 0.215. The summed E-state index contributed by atoms with van der Waals surface area (Å²) in [7, 11) is -4.03. The number of benzene rings is 3. The zero-order valence-corrected chi connectivity index (χ0v) is 22.4. The van der Waals surface area contributed by atoms with Gasteiger partial charge in [-0.3, -0.25) is 10.2 Å². The summed E-state index contributed by atoms with van der Waals surface area (Å²) in [4.78, 5) is 14.4. The van der Waals surface area contributed by atoms with Gasteiger partial charge in [-0.2, -0.15) is 18.3 Å². The molecule has 0 unspecified atom stereocenters. The average Bonchev–Trinajstić information content (AvgIpc) is 3.07. The fourth-order valence-electron chi connectivity index (χ4n) is 3.65. The zero-order chi connectivity index (χ0) is 27.0. The van der Waals surface area contributed by atoms with Crippen LogP contribution in [0.5, 0.6) is 0 Å². The molecule has 0 saturated heterocycles. The highest BCUT2D eigenvalue weighted by Crippen LogP contribution is 2.34. The number of primary sulfonamides is 1. The molecule has 3 aromatic rings. The summed E-state index contributed by atoms with van der Waals surface area (Å²) in [6.45, 7) is -0.111. The van der Waals surface area contributed by atoms with E-state index in [9.17, 15) is 26.4 Å². The lowest BCUT2D eigenvalue weighted by molar-refractivity contribution is -0.137. The number of halogens is 4. The normalized spacial score (nSPS) is 14.6. The van der Waals surface area contributed by atoms with Crippen molar-refractivity contribution in [2.24, 2.45) is 10.2 Å². The van der Waals surface area contributed by atoms with Crippen LogP contribution >= 0.6 is 34.8 Å². The number of carbonyl (C=O) groups is 1. The first-order valence-electron chi connectivity index (χ1n) is 10.4. The maximum absolute atomic E-state index is 13.3. The molecule has 1 heterocycles. The molecule has 0 radical (unpaired) electrons. The number of sulfonamides is 1. The monoisotopic (exact) mass is 659 g/mol. The SMILES string of the molecule is NS(=O)(=O)c1ccccc1NC(=S)NN=C1C(=O)N(Cc2cccc(C(F)(F)F)c2)c2ccc(I)cc21. The number of thiocarbonyl (C=S) groups is 1. The van der Waals surface area contributed by atoms with Crippen LogP contribution in [0.15, 0.2) is 76.7 Å². The molecule has 0 fully saturated rings.